The van der Waals surface area contributed by atoms with Gasteiger partial charge < -0.3 is 5.73 Å². The highest BCUT2D eigenvalue weighted by atomic mass is 15.1. The number of aryl methyl sites for hydroxylation is 1. The Kier molecular flexibility index (Phi) is 2.90. The first-order valence-corrected chi connectivity index (χ1v) is 5.53. The molecular formula is C12H17N3. The third-order valence-corrected chi connectivity index (χ3v) is 2.73. The summed E-state index contributed by atoms with van der Waals surface area (Å²) in [5.74, 6) is 0.588. The van der Waals surface area contributed by atoms with E-state index in [0.29, 0.717) is 5.82 Å². The molecule has 0 aliphatic heterocycles. The highest BCUT2D eigenvalue weighted by Crippen LogP contribution is 2.19. The van der Waals surface area contributed by atoms with Gasteiger partial charge in [-0.3, -0.25) is 5.10 Å². The van der Waals surface area contributed by atoms with E-state index in [9.17, 15) is 0 Å². The molecule has 3 heteroatoms. The summed E-state index contributed by atoms with van der Waals surface area (Å²) in [7, 11) is 0. The first kappa shape index (κ1) is 10.0. The van der Waals surface area contributed by atoms with Crippen LogP contribution in [-0.2, 0) is 6.42 Å². The quantitative estimate of drug-likeness (QED) is 0.751. The number of nitrogens with one attached hydrogen (secondary N) is 1. The van der Waals surface area contributed by atoms with Gasteiger partial charge in [0.15, 0.2) is 5.82 Å². The van der Waals surface area contributed by atoms with Crippen molar-refractivity contribution in [2.24, 2.45) is 0 Å². The molecule has 80 valence electrons. The number of nitrogens with zero attached hydrogens (tertiary/aromatic N) is 1. The number of nitrogens with two attached hydrogens (primary N) is 1. The minimum atomic E-state index is 0.588. The second-order valence-electron chi connectivity index (χ2n) is 3.95. The Morgan fingerprint density at radius 2 is 2.20 bits per heavy atom. The molecule has 1 heterocycles. The minimum absolute atomic E-state index is 0.588. The van der Waals surface area contributed by atoms with Gasteiger partial charge >= 0.3 is 0 Å². The summed E-state index contributed by atoms with van der Waals surface area (Å²) in [4.78, 5) is 0. The van der Waals surface area contributed by atoms with Gasteiger partial charge in [-0.2, -0.15) is 5.10 Å². The molecule has 0 bridgehead atoms. The predicted molar refractivity (Wildman–Crippen MR) is 63.7 cm³/mol. The van der Waals surface area contributed by atoms with Crippen molar-refractivity contribution in [1.82, 2.24) is 10.2 Å². The van der Waals surface area contributed by atoms with Crippen molar-refractivity contribution in [3.8, 4) is 0 Å². The summed E-state index contributed by atoms with van der Waals surface area (Å²) in [6, 6.07) is 6.34. The Labute approximate surface area is 89.7 Å². The summed E-state index contributed by atoms with van der Waals surface area (Å²) in [5, 5.41) is 7.95. The first-order valence-electron chi connectivity index (χ1n) is 5.53. The lowest BCUT2D eigenvalue weighted by Crippen LogP contribution is -1.86. The minimum Gasteiger partial charge on any atom is -0.382 e. The second-order valence-corrected chi connectivity index (χ2v) is 3.95. The van der Waals surface area contributed by atoms with Crippen molar-refractivity contribution >= 4 is 16.7 Å². The molecule has 0 radical (unpaired) electrons. The van der Waals surface area contributed by atoms with Gasteiger partial charge in [-0.25, -0.2) is 0 Å². The molecule has 0 spiro atoms. The van der Waals surface area contributed by atoms with Crippen LogP contribution in [0.3, 0.4) is 0 Å². The summed E-state index contributed by atoms with van der Waals surface area (Å²) >= 11 is 0. The van der Waals surface area contributed by atoms with Crippen LogP contribution in [-0.4, -0.2) is 10.2 Å². The van der Waals surface area contributed by atoms with Crippen LogP contribution in [0.5, 0.6) is 0 Å². The maximum absolute atomic E-state index is 5.71. The number of rotatable bonds is 4. The number of fused-ring (bicyclic) bond motifs is 1. The zero-order chi connectivity index (χ0) is 10.7. The van der Waals surface area contributed by atoms with E-state index in [2.05, 4.69) is 35.3 Å². The van der Waals surface area contributed by atoms with Crippen LogP contribution in [0.2, 0.25) is 0 Å². The average Bonchev–Trinajstić information content (AvgIpc) is 2.61. The maximum Gasteiger partial charge on any atom is 0.153 e. The first-order chi connectivity index (χ1) is 7.31. The average molecular weight is 203 g/mol. The van der Waals surface area contributed by atoms with Gasteiger partial charge in [0.05, 0.1) is 5.52 Å². The van der Waals surface area contributed by atoms with Gasteiger partial charge in [-0.15, -0.1) is 0 Å². The van der Waals surface area contributed by atoms with Crippen LogP contribution in [0.15, 0.2) is 18.2 Å². The molecule has 15 heavy (non-hydrogen) atoms. The van der Waals surface area contributed by atoms with Crippen LogP contribution in [0.1, 0.15) is 31.7 Å². The van der Waals surface area contributed by atoms with Crippen molar-refractivity contribution in [1.29, 1.82) is 0 Å². The fourth-order valence-electron chi connectivity index (χ4n) is 1.82. The van der Waals surface area contributed by atoms with E-state index in [1.165, 1.54) is 24.8 Å². The second kappa shape index (κ2) is 4.34. The molecule has 3 nitrogen and oxygen atoms in total. The Morgan fingerprint density at radius 3 is 3.00 bits per heavy atom. The molecule has 0 saturated carbocycles. The van der Waals surface area contributed by atoms with Crippen LogP contribution >= 0.6 is 0 Å². The third kappa shape index (κ3) is 2.12. The monoisotopic (exact) mass is 203 g/mol. The predicted octanol–water partition coefficient (Wildman–Crippen LogP) is 2.88. The summed E-state index contributed by atoms with van der Waals surface area (Å²) in [6.07, 6.45) is 4.96. The van der Waals surface area contributed by atoms with Crippen molar-refractivity contribution in [3.63, 3.8) is 0 Å². The molecule has 1 aromatic heterocycles. The van der Waals surface area contributed by atoms with Crippen LogP contribution in [0, 0.1) is 0 Å². The molecular weight excluding hydrogens is 186 g/mol. The van der Waals surface area contributed by atoms with Crippen molar-refractivity contribution in [3.05, 3.63) is 23.8 Å². The van der Waals surface area contributed by atoms with Gasteiger partial charge in [0.25, 0.3) is 0 Å². The van der Waals surface area contributed by atoms with Gasteiger partial charge in [0, 0.05) is 5.39 Å². The number of nitrogen functional groups attached to an aromatic ring is 1. The molecule has 0 fully saturated rings. The Morgan fingerprint density at radius 1 is 1.33 bits per heavy atom. The standard InChI is InChI=1S/C12H17N3/c1-2-3-4-5-9-6-7-10-11(8-9)14-15-12(10)13/h6-8H,2-5H2,1H3,(H3,13,14,15). The largest absolute Gasteiger partial charge is 0.382 e. The smallest absolute Gasteiger partial charge is 0.153 e. The molecule has 0 aliphatic rings. The molecule has 2 aromatic rings. The lowest BCUT2D eigenvalue weighted by molar-refractivity contribution is 0.718. The number of hydrogen-bond donors (Lipinski definition) is 2. The highest BCUT2D eigenvalue weighted by molar-refractivity contribution is 5.88. The van der Waals surface area contributed by atoms with Crippen molar-refractivity contribution in [2.45, 2.75) is 32.6 Å². The molecule has 0 amide bonds. The van der Waals surface area contributed by atoms with E-state index >= 15 is 0 Å². The maximum atomic E-state index is 5.71. The zero-order valence-electron chi connectivity index (χ0n) is 9.09. The van der Waals surface area contributed by atoms with Gasteiger partial charge in [0.1, 0.15) is 0 Å². The molecule has 1 aromatic carbocycles. The van der Waals surface area contributed by atoms with E-state index in [1.54, 1.807) is 0 Å². The lowest BCUT2D eigenvalue weighted by atomic mass is 10.1. The van der Waals surface area contributed by atoms with E-state index in [-0.39, 0.29) is 0 Å². The number of hydrogen-bond acceptors (Lipinski definition) is 2. The van der Waals surface area contributed by atoms with E-state index in [0.717, 1.165) is 17.3 Å². The highest BCUT2D eigenvalue weighted by Gasteiger charge is 2.02. The van der Waals surface area contributed by atoms with Crippen molar-refractivity contribution < 1.29 is 0 Å². The Balaban J connectivity index is 2.16. The lowest BCUT2D eigenvalue weighted by Gasteiger charge is -2.00. The Hall–Kier alpha value is -1.51. The third-order valence-electron chi connectivity index (χ3n) is 2.73. The fourth-order valence-corrected chi connectivity index (χ4v) is 1.82. The molecule has 2 rings (SSSR count). The van der Waals surface area contributed by atoms with E-state index in [1.807, 2.05) is 0 Å². The number of H-pyrrole nitrogens is 1. The number of benzene rings is 1. The number of anilines is 1. The number of aromatic amines is 1. The molecule has 3 N–H and O–H groups in total. The fraction of sp³-hybridized carbons (Fsp3) is 0.417. The van der Waals surface area contributed by atoms with E-state index in [4.69, 9.17) is 5.73 Å². The van der Waals surface area contributed by atoms with Crippen LogP contribution < -0.4 is 5.73 Å². The normalized spacial score (nSPS) is 11.0. The summed E-state index contributed by atoms with van der Waals surface area (Å²) < 4.78 is 0. The van der Waals surface area contributed by atoms with Gasteiger partial charge in [0.2, 0.25) is 0 Å². The number of aromatic nitrogens is 2. The van der Waals surface area contributed by atoms with Crippen LogP contribution in [0.4, 0.5) is 5.82 Å². The van der Waals surface area contributed by atoms with Gasteiger partial charge in [-0.1, -0.05) is 25.8 Å². The molecule has 0 atom stereocenters. The number of unbranched alkanes of at least 4 members (excludes halogenated alkanes) is 2. The SMILES string of the molecule is CCCCCc1ccc2c(N)n[nH]c2c1. The van der Waals surface area contributed by atoms with Crippen molar-refractivity contribution in [2.75, 3.05) is 5.73 Å². The van der Waals surface area contributed by atoms with E-state index < -0.39 is 0 Å². The topological polar surface area (TPSA) is 54.7 Å². The van der Waals surface area contributed by atoms with Crippen LogP contribution in [0.25, 0.3) is 10.9 Å². The summed E-state index contributed by atoms with van der Waals surface area (Å²) in [5.41, 5.74) is 8.11. The van der Waals surface area contributed by atoms with Gasteiger partial charge in [-0.05, 0) is 30.5 Å². The zero-order valence-corrected chi connectivity index (χ0v) is 9.09. The Bertz CT molecular complexity index is 445. The molecule has 0 saturated heterocycles. The molecule has 0 unspecified atom stereocenters. The molecule has 0 aliphatic carbocycles. The summed E-state index contributed by atoms with van der Waals surface area (Å²) in [6.45, 7) is 2.22.